The number of carbonyl (C=O) groups is 1. The highest BCUT2D eigenvalue weighted by molar-refractivity contribution is 7.89. The average molecular weight is 451 g/mol. The summed E-state index contributed by atoms with van der Waals surface area (Å²) in [6, 6.07) is 19.5. The van der Waals surface area contributed by atoms with E-state index in [0.717, 1.165) is 11.1 Å². The Morgan fingerprint density at radius 1 is 0.938 bits per heavy atom. The number of rotatable bonds is 5. The van der Waals surface area contributed by atoms with Crippen LogP contribution in [0.4, 0.5) is 0 Å². The Bertz CT molecular complexity index is 1270. The maximum Gasteiger partial charge on any atom is 0.251 e. The van der Waals surface area contributed by atoms with Gasteiger partial charge in [-0.05, 0) is 59.5 Å². The van der Waals surface area contributed by atoms with Gasteiger partial charge in [0.2, 0.25) is 16.8 Å². The first-order valence-electron chi connectivity index (χ1n) is 10.3. The summed E-state index contributed by atoms with van der Waals surface area (Å²) in [6.07, 6.45) is 0.690. The predicted octanol–water partition coefficient (Wildman–Crippen LogP) is 3.09. The lowest BCUT2D eigenvalue weighted by molar-refractivity contribution is 0.0950. The molecule has 7 nitrogen and oxygen atoms in total. The van der Waals surface area contributed by atoms with Crippen LogP contribution in [-0.4, -0.2) is 32.0 Å². The lowest BCUT2D eigenvalue weighted by Gasteiger charge is -2.28. The fourth-order valence-corrected chi connectivity index (χ4v) is 5.36. The summed E-state index contributed by atoms with van der Waals surface area (Å²) in [5.74, 6) is 1.07. The van der Waals surface area contributed by atoms with E-state index >= 15 is 0 Å². The Labute approximate surface area is 186 Å². The van der Waals surface area contributed by atoms with Crippen LogP contribution >= 0.6 is 0 Å². The quantitative estimate of drug-likeness (QED) is 0.646. The Morgan fingerprint density at radius 2 is 1.69 bits per heavy atom. The van der Waals surface area contributed by atoms with Crippen LogP contribution in [0.15, 0.2) is 71.6 Å². The second kappa shape index (κ2) is 8.29. The molecule has 1 N–H and O–H groups in total. The zero-order valence-corrected chi connectivity index (χ0v) is 18.1. The highest BCUT2D eigenvalue weighted by Crippen LogP contribution is 2.32. The van der Waals surface area contributed by atoms with Gasteiger partial charge in [0.05, 0.1) is 4.90 Å². The molecule has 32 heavy (non-hydrogen) atoms. The average Bonchev–Trinajstić information content (AvgIpc) is 3.30. The number of carbonyl (C=O) groups excluding carboxylic acids is 1. The van der Waals surface area contributed by atoms with E-state index in [4.69, 9.17) is 9.47 Å². The number of hydrogen-bond acceptors (Lipinski definition) is 5. The van der Waals surface area contributed by atoms with Gasteiger partial charge in [0.25, 0.3) is 5.91 Å². The van der Waals surface area contributed by atoms with E-state index in [1.807, 2.05) is 42.5 Å². The molecule has 2 heterocycles. The van der Waals surface area contributed by atoms with Crippen molar-refractivity contribution in [1.29, 1.82) is 0 Å². The van der Waals surface area contributed by atoms with Gasteiger partial charge in [-0.25, -0.2) is 8.42 Å². The number of ether oxygens (including phenoxy) is 2. The summed E-state index contributed by atoms with van der Waals surface area (Å²) >= 11 is 0. The van der Waals surface area contributed by atoms with Crippen LogP contribution in [0.2, 0.25) is 0 Å². The van der Waals surface area contributed by atoms with E-state index in [0.29, 0.717) is 43.1 Å². The molecule has 0 atom stereocenters. The first-order valence-corrected chi connectivity index (χ1v) is 11.8. The zero-order valence-electron chi connectivity index (χ0n) is 17.3. The summed E-state index contributed by atoms with van der Waals surface area (Å²) in [5, 5.41) is 2.84. The summed E-state index contributed by atoms with van der Waals surface area (Å²) in [6.45, 7) is 1.32. The standard InChI is InChI=1S/C24H22N2O5S/c27-24(25-14-17-5-10-22-23(13-17)31-16-30-22)19-6-8-21(9-7-19)32(28,29)26-12-11-18-3-1-2-4-20(18)15-26/h1-10,13H,11-12,14-16H2,(H,25,27). The largest absolute Gasteiger partial charge is 0.454 e. The molecule has 5 rings (SSSR count). The number of fused-ring (bicyclic) bond motifs is 2. The molecule has 164 valence electrons. The van der Waals surface area contributed by atoms with Crippen molar-refractivity contribution in [2.45, 2.75) is 24.4 Å². The number of nitrogens with one attached hydrogen (secondary N) is 1. The number of amides is 1. The van der Waals surface area contributed by atoms with Crippen LogP contribution in [0.1, 0.15) is 27.0 Å². The molecule has 0 spiro atoms. The normalized spacial score (nSPS) is 15.2. The minimum Gasteiger partial charge on any atom is -0.454 e. The van der Waals surface area contributed by atoms with E-state index in [1.165, 1.54) is 22.0 Å². The van der Waals surface area contributed by atoms with Crippen molar-refractivity contribution in [2.75, 3.05) is 13.3 Å². The van der Waals surface area contributed by atoms with Crippen molar-refractivity contribution in [2.24, 2.45) is 0 Å². The molecule has 2 aliphatic rings. The van der Waals surface area contributed by atoms with E-state index in [1.54, 1.807) is 12.1 Å². The molecule has 0 bridgehead atoms. The minimum atomic E-state index is -3.63. The van der Waals surface area contributed by atoms with Crippen molar-refractivity contribution in [3.8, 4) is 11.5 Å². The molecular formula is C24H22N2O5S. The second-order valence-electron chi connectivity index (χ2n) is 7.75. The van der Waals surface area contributed by atoms with E-state index in [-0.39, 0.29) is 17.6 Å². The molecule has 0 aromatic heterocycles. The molecular weight excluding hydrogens is 428 g/mol. The third-order valence-electron chi connectivity index (χ3n) is 5.74. The van der Waals surface area contributed by atoms with Gasteiger partial charge in [-0.1, -0.05) is 30.3 Å². The molecule has 8 heteroatoms. The molecule has 0 saturated carbocycles. The van der Waals surface area contributed by atoms with Gasteiger partial charge in [0.1, 0.15) is 0 Å². The Kier molecular flexibility index (Phi) is 5.32. The molecule has 0 saturated heterocycles. The van der Waals surface area contributed by atoms with Crippen molar-refractivity contribution < 1.29 is 22.7 Å². The first kappa shape index (κ1) is 20.5. The molecule has 0 unspecified atom stereocenters. The SMILES string of the molecule is O=C(NCc1ccc2c(c1)OCO2)c1ccc(S(=O)(=O)N2CCc3ccccc3C2)cc1. The third kappa shape index (κ3) is 3.94. The van der Waals surface area contributed by atoms with Gasteiger partial charge in [-0.15, -0.1) is 0 Å². The van der Waals surface area contributed by atoms with Crippen LogP contribution in [0.5, 0.6) is 11.5 Å². The fourth-order valence-electron chi connectivity index (χ4n) is 3.94. The number of hydrogen-bond donors (Lipinski definition) is 1. The Balaban J connectivity index is 1.25. The topological polar surface area (TPSA) is 84.9 Å². The van der Waals surface area contributed by atoms with E-state index in [2.05, 4.69) is 5.32 Å². The van der Waals surface area contributed by atoms with Crippen LogP contribution in [-0.2, 0) is 29.5 Å². The van der Waals surface area contributed by atoms with Gasteiger partial charge in [0, 0.05) is 25.2 Å². The highest BCUT2D eigenvalue weighted by atomic mass is 32.2. The van der Waals surface area contributed by atoms with Crippen molar-refractivity contribution in [1.82, 2.24) is 9.62 Å². The lowest BCUT2D eigenvalue weighted by Crippen LogP contribution is -2.36. The molecule has 1 amide bonds. The minimum absolute atomic E-state index is 0.184. The van der Waals surface area contributed by atoms with Crippen LogP contribution in [0.3, 0.4) is 0 Å². The third-order valence-corrected chi connectivity index (χ3v) is 7.60. The number of nitrogens with zero attached hydrogens (tertiary/aromatic N) is 1. The second-order valence-corrected chi connectivity index (χ2v) is 9.69. The van der Waals surface area contributed by atoms with Gasteiger partial charge >= 0.3 is 0 Å². The van der Waals surface area contributed by atoms with E-state index < -0.39 is 10.0 Å². The first-order chi connectivity index (χ1) is 15.5. The van der Waals surface area contributed by atoms with Crippen LogP contribution in [0.25, 0.3) is 0 Å². The molecule has 3 aromatic carbocycles. The summed E-state index contributed by atoms with van der Waals surface area (Å²) < 4.78 is 38.3. The highest BCUT2D eigenvalue weighted by Gasteiger charge is 2.28. The maximum absolute atomic E-state index is 13.1. The smallest absolute Gasteiger partial charge is 0.251 e. The molecule has 0 radical (unpaired) electrons. The summed E-state index contributed by atoms with van der Waals surface area (Å²) in [7, 11) is -3.63. The zero-order chi connectivity index (χ0) is 22.1. The predicted molar refractivity (Wildman–Crippen MR) is 118 cm³/mol. The molecule has 0 aliphatic carbocycles. The van der Waals surface area contributed by atoms with Gasteiger partial charge in [0.15, 0.2) is 11.5 Å². The van der Waals surface area contributed by atoms with Gasteiger partial charge in [-0.3, -0.25) is 4.79 Å². The van der Waals surface area contributed by atoms with E-state index in [9.17, 15) is 13.2 Å². The van der Waals surface area contributed by atoms with Crippen molar-refractivity contribution in [3.63, 3.8) is 0 Å². The fraction of sp³-hybridized carbons (Fsp3) is 0.208. The maximum atomic E-state index is 13.1. The summed E-state index contributed by atoms with van der Waals surface area (Å²) in [4.78, 5) is 12.7. The van der Waals surface area contributed by atoms with Crippen LogP contribution in [0, 0.1) is 0 Å². The van der Waals surface area contributed by atoms with Crippen molar-refractivity contribution in [3.05, 3.63) is 89.0 Å². The van der Waals surface area contributed by atoms with Crippen molar-refractivity contribution >= 4 is 15.9 Å². The molecule has 0 fully saturated rings. The monoisotopic (exact) mass is 450 g/mol. The van der Waals surface area contributed by atoms with Gasteiger partial charge in [-0.2, -0.15) is 4.31 Å². The summed E-state index contributed by atoms with van der Waals surface area (Å²) in [5.41, 5.74) is 3.50. The molecule has 2 aliphatic heterocycles. The number of sulfonamides is 1. The Morgan fingerprint density at radius 3 is 2.50 bits per heavy atom. The Hall–Kier alpha value is -3.36. The van der Waals surface area contributed by atoms with Gasteiger partial charge < -0.3 is 14.8 Å². The lowest BCUT2D eigenvalue weighted by atomic mass is 10.0. The van der Waals surface area contributed by atoms with Crippen LogP contribution < -0.4 is 14.8 Å². The molecule has 3 aromatic rings. The number of benzene rings is 3.